The Morgan fingerprint density at radius 3 is 2.79 bits per heavy atom. The summed E-state index contributed by atoms with van der Waals surface area (Å²) < 4.78 is 0. The fourth-order valence-corrected chi connectivity index (χ4v) is 2.69. The summed E-state index contributed by atoms with van der Waals surface area (Å²) in [5.41, 5.74) is 0. The summed E-state index contributed by atoms with van der Waals surface area (Å²) in [7, 11) is 0. The predicted octanol–water partition coefficient (Wildman–Crippen LogP) is 0.873. The minimum Gasteiger partial charge on any atom is -0.394 e. The summed E-state index contributed by atoms with van der Waals surface area (Å²) in [5, 5.41) is 12.0. The molecule has 0 radical (unpaired) electrons. The molecule has 1 rings (SSSR count). The molecule has 4 heteroatoms. The second-order valence-corrected chi connectivity index (χ2v) is 5.25. The Morgan fingerprint density at radius 1 is 1.64 bits per heavy atom. The van der Waals surface area contributed by atoms with Crippen molar-refractivity contribution in [2.24, 2.45) is 11.8 Å². The fraction of sp³-hybridized carbons (Fsp3) is 0.900. The normalized spacial score (nSPS) is 23.9. The van der Waals surface area contributed by atoms with E-state index < -0.39 is 0 Å². The van der Waals surface area contributed by atoms with E-state index in [0.717, 1.165) is 17.9 Å². The van der Waals surface area contributed by atoms with Crippen LogP contribution in [0.4, 0.5) is 0 Å². The third-order valence-corrected chi connectivity index (χ3v) is 3.79. The lowest BCUT2D eigenvalue weighted by Gasteiger charge is -2.21. The maximum Gasteiger partial charge on any atom is 0.224 e. The van der Waals surface area contributed by atoms with Gasteiger partial charge in [0.15, 0.2) is 0 Å². The smallest absolute Gasteiger partial charge is 0.224 e. The molecule has 2 N–H and O–H groups in total. The molecule has 0 spiro atoms. The number of carbonyl (C=O) groups excluding carboxylic acids is 1. The molecule has 1 heterocycles. The maximum absolute atomic E-state index is 11.7. The molecule has 0 aliphatic carbocycles. The summed E-state index contributed by atoms with van der Waals surface area (Å²) in [4.78, 5) is 11.7. The Balaban J connectivity index is 2.37. The molecule has 82 valence electrons. The second-order valence-electron chi connectivity index (χ2n) is 4.10. The van der Waals surface area contributed by atoms with Crippen LogP contribution in [0.25, 0.3) is 0 Å². The van der Waals surface area contributed by atoms with E-state index in [1.165, 1.54) is 0 Å². The molecular formula is C10H19NO2S. The van der Waals surface area contributed by atoms with Crippen LogP contribution in [-0.4, -0.2) is 35.2 Å². The lowest BCUT2D eigenvalue weighted by atomic mass is 10.0. The SMILES string of the molecule is CC(C)C(CO)NC(=O)C1CCSC1. The van der Waals surface area contributed by atoms with Crippen molar-refractivity contribution in [2.75, 3.05) is 18.1 Å². The van der Waals surface area contributed by atoms with Gasteiger partial charge in [0.1, 0.15) is 0 Å². The van der Waals surface area contributed by atoms with Crippen LogP contribution in [-0.2, 0) is 4.79 Å². The van der Waals surface area contributed by atoms with E-state index in [0.29, 0.717) is 0 Å². The number of thioether (sulfide) groups is 1. The van der Waals surface area contributed by atoms with E-state index in [1.807, 2.05) is 25.6 Å². The average Bonchev–Trinajstić information content (AvgIpc) is 2.65. The van der Waals surface area contributed by atoms with Crippen molar-refractivity contribution >= 4 is 17.7 Å². The van der Waals surface area contributed by atoms with Crippen LogP contribution >= 0.6 is 11.8 Å². The maximum atomic E-state index is 11.7. The van der Waals surface area contributed by atoms with Crippen molar-refractivity contribution in [3.63, 3.8) is 0 Å². The summed E-state index contributed by atoms with van der Waals surface area (Å²) >= 11 is 1.83. The Morgan fingerprint density at radius 2 is 2.36 bits per heavy atom. The first kappa shape index (κ1) is 11.9. The number of hydrogen-bond donors (Lipinski definition) is 2. The van der Waals surface area contributed by atoms with E-state index in [4.69, 9.17) is 5.11 Å². The highest BCUT2D eigenvalue weighted by atomic mass is 32.2. The van der Waals surface area contributed by atoms with Crippen LogP contribution < -0.4 is 5.32 Å². The first-order valence-corrected chi connectivity index (χ1v) is 6.29. The number of nitrogens with one attached hydrogen (secondary N) is 1. The molecule has 0 saturated carbocycles. The Kier molecular flexibility index (Phi) is 4.75. The minimum atomic E-state index is -0.0897. The van der Waals surface area contributed by atoms with Crippen molar-refractivity contribution in [3.05, 3.63) is 0 Å². The van der Waals surface area contributed by atoms with Crippen LogP contribution in [0, 0.1) is 11.8 Å². The van der Waals surface area contributed by atoms with E-state index in [1.54, 1.807) is 0 Å². The average molecular weight is 217 g/mol. The highest BCUT2D eigenvalue weighted by Gasteiger charge is 2.25. The molecule has 1 aliphatic heterocycles. The molecule has 14 heavy (non-hydrogen) atoms. The predicted molar refractivity (Wildman–Crippen MR) is 59.3 cm³/mol. The van der Waals surface area contributed by atoms with Gasteiger partial charge >= 0.3 is 0 Å². The van der Waals surface area contributed by atoms with Crippen LogP contribution in [0.3, 0.4) is 0 Å². The standard InChI is InChI=1S/C10H19NO2S/c1-7(2)9(5-12)11-10(13)8-3-4-14-6-8/h7-9,12H,3-6H2,1-2H3,(H,11,13). The van der Waals surface area contributed by atoms with Gasteiger partial charge in [-0.3, -0.25) is 4.79 Å². The molecule has 1 fully saturated rings. The summed E-state index contributed by atoms with van der Waals surface area (Å²) in [6, 6.07) is -0.0897. The topological polar surface area (TPSA) is 49.3 Å². The van der Waals surface area contributed by atoms with E-state index in [-0.39, 0.29) is 30.4 Å². The van der Waals surface area contributed by atoms with Gasteiger partial charge in [-0.05, 0) is 18.1 Å². The fourth-order valence-electron chi connectivity index (χ4n) is 1.47. The largest absolute Gasteiger partial charge is 0.394 e. The molecule has 0 aromatic rings. The number of carbonyl (C=O) groups is 1. The molecule has 1 aliphatic rings. The van der Waals surface area contributed by atoms with Gasteiger partial charge < -0.3 is 10.4 Å². The van der Waals surface area contributed by atoms with Gasteiger partial charge in [-0.15, -0.1) is 0 Å². The summed E-state index contributed by atoms with van der Waals surface area (Å²) in [5.74, 6) is 2.58. The van der Waals surface area contributed by atoms with Crippen molar-refractivity contribution in [2.45, 2.75) is 26.3 Å². The lowest BCUT2D eigenvalue weighted by molar-refractivity contribution is -0.125. The first-order chi connectivity index (χ1) is 6.65. The van der Waals surface area contributed by atoms with Gasteiger partial charge in [-0.2, -0.15) is 11.8 Å². The molecule has 2 unspecified atom stereocenters. The van der Waals surface area contributed by atoms with Crippen molar-refractivity contribution in [3.8, 4) is 0 Å². The van der Waals surface area contributed by atoms with Gasteiger partial charge in [-0.1, -0.05) is 13.8 Å². The Hall–Kier alpha value is -0.220. The minimum absolute atomic E-state index is 0.0310. The monoisotopic (exact) mass is 217 g/mol. The lowest BCUT2D eigenvalue weighted by Crippen LogP contribution is -2.44. The molecule has 1 amide bonds. The van der Waals surface area contributed by atoms with E-state index >= 15 is 0 Å². The quantitative estimate of drug-likeness (QED) is 0.735. The highest BCUT2D eigenvalue weighted by Crippen LogP contribution is 2.23. The Labute approximate surface area is 89.6 Å². The molecule has 2 atom stereocenters. The number of aliphatic hydroxyl groups is 1. The van der Waals surface area contributed by atoms with Crippen molar-refractivity contribution < 1.29 is 9.90 Å². The molecule has 0 aromatic carbocycles. The summed E-state index contributed by atoms with van der Waals surface area (Å²) in [6.45, 7) is 4.04. The van der Waals surface area contributed by atoms with Gasteiger partial charge in [0.05, 0.1) is 12.6 Å². The number of aliphatic hydroxyl groups excluding tert-OH is 1. The number of amides is 1. The van der Waals surface area contributed by atoms with Crippen LogP contribution in [0.1, 0.15) is 20.3 Å². The molecule has 3 nitrogen and oxygen atoms in total. The van der Waals surface area contributed by atoms with Gasteiger partial charge in [0, 0.05) is 11.7 Å². The first-order valence-electron chi connectivity index (χ1n) is 5.14. The van der Waals surface area contributed by atoms with Crippen LogP contribution in [0.15, 0.2) is 0 Å². The van der Waals surface area contributed by atoms with Crippen LogP contribution in [0.2, 0.25) is 0 Å². The van der Waals surface area contributed by atoms with Crippen molar-refractivity contribution in [1.29, 1.82) is 0 Å². The third kappa shape index (κ3) is 3.17. The molecule has 0 bridgehead atoms. The summed E-state index contributed by atoms with van der Waals surface area (Å²) in [6.07, 6.45) is 0.979. The highest BCUT2D eigenvalue weighted by molar-refractivity contribution is 7.99. The zero-order valence-electron chi connectivity index (χ0n) is 8.82. The second kappa shape index (κ2) is 5.61. The van der Waals surface area contributed by atoms with E-state index in [2.05, 4.69) is 5.32 Å². The molecule has 0 aromatic heterocycles. The number of rotatable bonds is 4. The number of hydrogen-bond acceptors (Lipinski definition) is 3. The molecule has 1 saturated heterocycles. The van der Waals surface area contributed by atoms with Gasteiger partial charge in [0.2, 0.25) is 5.91 Å². The third-order valence-electron chi connectivity index (χ3n) is 2.63. The van der Waals surface area contributed by atoms with Crippen LogP contribution in [0.5, 0.6) is 0 Å². The van der Waals surface area contributed by atoms with Gasteiger partial charge in [-0.25, -0.2) is 0 Å². The zero-order valence-corrected chi connectivity index (χ0v) is 9.64. The van der Waals surface area contributed by atoms with E-state index in [9.17, 15) is 4.79 Å². The Bertz CT molecular complexity index is 191. The molecular weight excluding hydrogens is 198 g/mol. The zero-order chi connectivity index (χ0) is 10.6. The van der Waals surface area contributed by atoms with Gasteiger partial charge in [0.25, 0.3) is 0 Å². The van der Waals surface area contributed by atoms with Crippen molar-refractivity contribution in [1.82, 2.24) is 5.32 Å².